The van der Waals surface area contributed by atoms with Crippen LogP contribution in [0.15, 0.2) is 24.3 Å². The van der Waals surface area contributed by atoms with Crippen LogP contribution in [0.5, 0.6) is 0 Å². The van der Waals surface area contributed by atoms with Crippen LogP contribution >= 0.6 is 11.6 Å². The second-order valence-corrected chi connectivity index (χ2v) is 7.13. The van der Waals surface area contributed by atoms with E-state index in [2.05, 4.69) is 28.5 Å². The lowest BCUT2D eigenvalue weighted by Crippen LogP contribution is -2.30. The van der Waals surface area contributed by atoms with Crippen molar-refractivity contribution in [2.24, 2.45) is 0 Å². The summed E-state index contributed by atoms with van der Waals surface area (Å²) in [6.45, 7) is 4.16. The molecule has 1 aromatic carbocycles. The molecule has 1 fully saturated rings. The molecule has 6 nitrogen and oxygen atoms in total. The van der Waals surface area contributed by atoms with Crippen molar-refractivity contribution in [1.29, 1.82) is 0 Å². The zero-order chi connectivity index (χ0) is 18.5. The summed E-state index contributed by atoms with van der Waals surface area (Å²) in [5.74, 6) is 1.58. The van der Waals surface area contributed by atoms with Crippen molar-refractivity contribution in [2.45, 2.75) is 38.6 Å². The third-order valence-corrected chi connectivity index (χ3v) is 5.07. The average molecular weight is 375 g/mol. The molecule has 2 aromatic rings. The van der Waals surface area contributed by atoms with Crippen LogP contribution in [0.1, 0.15) is 31.9 Å². The smallest absolute Gasteiger partial charge is 0.229 e. The Hall–Kier alpha value is -2.05. The fraction of sp³-hybridized carbons (Fsp3) is 0.474. The van der Waals surface area contributed by atoms with Crippen LogP contribution in [0.2, 0.25) is 5.02 Å². The number of anilines is 4. The highest BCUT2D eigenvalue weighted by molar-refractivity contribution is 6.33. The Balaban J connectivity index is 1.85. The number of rotatable bonds is 7. The van der Waals surface area contributed by atoms with Gasteiger partial charge in [-0.1, -0.05) is 24.9 Å². The van der Waals surface area contributed by atoms with Crippen LogP contribution in [-0.4, -0.2) is 36.1 Å². The highest BCUT2D eigenvalue weighted by Gasteiger charge is 2.23. The molecule has 0 saturated carbocycles. The number of nitrogens with two attached hydrogens (primary N) is 1. The molecule has 1 aliphatic rings. The first kappa shape index (κ1) is 18.7. The highest BCUT2D eigenvalue weighted by atomic mass is 35.5. The number of likely N-dealkylation sites (N-methyl/N-ethyl adjacent to an activating group) is 1. The third kappa shape index (κ3) is 4.56. The zero-order valence-corrected chi connectivity index (χ0v) is 16.2. The van der Waals surface area contributed by atoms with Crippen LogP contribution in [0.4, 0.5) is 23.1 Å². The predicted octanol–water partition coefficient (Wildman–Crippen LogP) is 3.60. The number of aromatic nitrogens is 2. The van der Waals surface area contributed by atoms with Crippen LogP contribution < -0.4 is 21.3 Å². The van der Waals surface area contributed by atoms with E-state index in [1.54, 1.807) is 12.1 Å². The van der Waals surface area contributed by atoms with Gasteiger partial charge in [0.15, 0.2) is 0 Å². The van der Waals surface area contributed by atoms with Gasteiger partial charge in [-0.25, -0.2) is 4.98 Å². The van der Waals surface area contributed by atoms with Gasteiger partial charge in [0.2, 0.25) is 5.95 Å². The van der Waals surface area contributed by atoms with E-state index in [4.69, 9.17) is 27.3 Å². The number of nitrogens with one attached hydrogen (secondary N) is 2. The number of hydrogen-bond acceptors (Lipinski definition) is 6. The van der Waals surface area contributed by atoms with E-state index in [1.807, 2.05) is 13.1 Å². The fourth-order valence-electron chi connectivity index (χ4n) is 3.14. The lowest BCUT2D eigenvalue weighted by molar-refractivity contribution is 0.616. The van der Waals surface area contributed by atoms with Crippen molar-refractivity contribution in [2.75, 3.05) is 36.1 Å². The van der Waals surface area contributed by atoms with Gasteiger partial charge < -0.3 is 21.3 Å². The monoisotopic (exact) mass is 374 g/mol. The van der Waals surface area contributed by atoms with Crippen LogP contribution in [-0.2, 0) is 6.42 Å². The van der Waals surface area contributed by atoms with E-state index in [0.717, 1.165) is 56.0 Å². The average Bonchev–Trinajstić information content (AvgIpc) is 3.12. The number of nitrogens with zero attached hydrogens (tertiary/aromatic N) is 3. The van der Waals surface area contributed by atoms with E-state index < -0.39 is 0 Å². The van der Waals surface area contributed by atoms with Gasteiger partial charge in [0.05, 0.1) is 10.7 Å². The molecule has 1 saturated heterocycles. The van der Waals surface area contributed by atoms with Gasteiger partial charge in [0.25, 0.3) is 0 Å². The Morgan fingerprint density at radius 2 is 2.15 bits per heavy atom. The number of unbranched alkanes of at least 4 members (excludes halogenated alkanes) is 1. The lowest BCUT2D eigenvalue weighted by atomic mass is 10.2. The number of halogens is 1. The SMILES string of the molecule is CCCCc1cc(N2CCC(NC)C2)nc(Nc2ccc(Cl)c(N)c2)n1. The molecule has 0 radical (unpaired) electrons. The summed E-state index contributed by atoms with van der Waals surface area (Å²) in [5.41, 5.74) is 8.34. The molecule has 3 rings (SSSR count). The molecule has 2 heterocycles. The van der Waals surface area contributed by atoms with Crippen molar-refractivity contribution in [3.8, 4) is 0 Å². The maximum absolute atomic E-state index is 6.01. The topological polar surface area (TPSA) is 79.1 Å². The number of hydrogen-bond donors (Lipinski definition) is 3. The van der Waals surface area contributed by atoms with Gasteiger partial charge in [-0.2, -0.15) is 4.98 Å². The molecule has 0 bridgehead atoms. The van der Waals surface area contributed by atoms with Gasteiger partial charge in [-0.05, 0) is 44.5 Å². The van der Waals surface area contributed by atoms with E-state index in [0.29, 0.717) is 22.7 Å². The zero-order valence-electron chi connectivity index (χ0n) is 15.4. The molecule has 4 N–H and O–H groups in total. The first-order chi connectivity index (χ1) is 12.6. The molecule has 26 heavy (non-hydrogen) atoms. The summed E-state index contributed by atoms with van der Waals surface area (Å²) < 4.78 is 0. The van der Waals surface area contributed by atoms with E-state index >= 15 is 0 Å². The van der Waals surface area contributed by atoms with Gasteiger partial charge in [0, 0.05) is 36.6 Å². The van der Waals surface area contributed by atoms with Gasteiger partial charge in [-0.3, -0.25) is 0 Å². The molecule has 0 amide bonds. The Bertz CT molecular complexity index is 751. The lowest BCUT2D eigenvalue weighted by Gasteiger charge is -2.19. The maximum atomic E-state index is 6.01. The fourth-order valence-corrected chi connectivity index (χ4v) is 3.26. The molecular formula is C19H27ClN6. The Morgan fingerprint density at radius 3 is 2.85 bits per heavy atom. The van der Waals surface area contributed by atoms with Gasteiger partial charge >= 0.3 is 0 Å². The summed E-state index contributed by atoms with van der Waals surface area (Å²) in [5, 5.41) is 7.17. The van der Waals surface area contributed by atoms with Crippen molar-refractivity contribution in [3.05, 3.63) is 35.0 Å². The van der Waals surface area contributed by atoms with Crippen molar-refractivity contribution >= 4 is 34.7 Å². The van der Waals surface area contributed by atoms with E-state index in [-0.39, 0.29) is 0 Å². The summed E-state index contributed by atoms with van der Waals surface area (Å²) in [4.78, 5) is 11.8. The molecule has 140 valence electrons. The highest BCUT2D eigenvalue weighted by Crippen LogP contribution is 2.26. The van der Waals surface area contributed by atoms with Gasteiger partial charge in [-0.15, -0.1) is 0 Å². The number of aryl methyl sites for hydroxylation is 1. The van der Waals surface area contributed by atoms with Crippen molar-refractivity contribution in [1.82, 2.24) is 15.3 Å². The third-order valence-electron chi connectivity index (χ3n) is 4.72. The largest absolute Gasteiger partial charge is 0.397 e. The van der Waals surface area contributed by atoms with Crippen LogP contribution in [0.3, 0.4) is 0 Å². The molecule has 7 heteroatoms. The Kier molecular flexibility index (Phi) is 6.16. The summed E-state index contributed by atoms with van der Waals surface area (Å²) in [7, 11) is 2.01. The minimum absolute atomic E-state index is 0.511. The van der Waals surface area contributed by atoms with Crippen molar-refractivity contribution in [3.63, 3.8) is 0 Å². The first-order valence-corrected chi connectivity index (χ1v) is 9.59. The normalized spacial score (nSPS) is 16.9. The minimum atomic E-state index is 0.511. The molecule has 0 aliphatic carbocycles. The molecular weight excluding hydrogens is 348 g/mol. The molecule has 1 aliphatic heterocycles. The predicted molar refractivity (Wildman–Crippen MR) is 109 cm³/mol. The number of nitrogen functional groups attached to an aromatic ring is 1. The van der Waals surface area contributed by atoms with Crippen molar-refractivity contribution < 1.29 is 0 Å². The first-order valence-electron chi connectivity index (χ1n) is 9.21. The molecule has 1 unspecified atom stereocenters. The Labute approximate surface area is 160 Å². The molecule has 1 aromatic heterocycles. The molecule has 0 spiro atoms. The minimum Gasteiger partial charge on any atom is -0.397 e. The van der Waals surface area contributed by atoms with Crippen LogP contribution in [0, 0.1) is 0 Å². The number of benzene rings is 1. The molecule has 1 atom stereocenters. The summed E-state index contributed by atoms with van der Waals surface area (Å²) in [6.07, 6.45) is 4.33. The van der Waals surface area contributed by atoms with Gasteiger partial charge in [0.1, 0.15) is 5.82 Å². The van der Waals surface area contributed by atoms with E-state index in [9.17, 15) is 0 Å². The Morgan fingerprint density at radius 1 is 1.31 bits per heavy atom. The second kappa shape index (κ2) is 8.56. The summed E-state index contributed by atoms with van der Waals surface area (Å²) in [6, 6.07) is 8.09. The standard InChI is InChI=1S/C19H27ClN6/c1-3-4-5-13-11-18(26-9-8-15(12-26)22-2)25-19(23-13)24-14-6-7-16(20)17(21)10-14/h6-7,10-11,15,22H,3-5,8-9,12,21H2,1-2H3,(H,23,24,25). The van der Waals surface area contributed by atoms with E-state index in [1.165, 1.54) is 0 Å². The second-order valence-electron chi connectivity index (χ2n) is 6.73. The maximum Gasteiger partial charge on any atom is 0.229 e. The quantitative estimate of drug-likeness (QED) is 0.642. The van der Waals surface area contributed by atoms with Crippen LogP contribution in [0.25, 0.3) is 0 Å². The summed E-state index contributed by atoms with van der Waals surface area (Å²) >= 11 is 6.01.